The van der Waals surface area contributed by atoms with Crippen LogP contribution >= 0.6 is 0 Å². The van der Waals surface area contributed by atoms with E-state index in [2.05, 4.69) is 5.32 Å². The summed E-state index contributed by atoms with van der Waals surface area (Å²) in [6, 6.07) is 4.48. The number of alkyl halides is 6. The Hall–Kier alpha value is -1.73. The van der Waals surface area contributed by atoms with Crippen molar-refractivity contribution in [2.24, 2.45) is 11.8 Å². The highest BCUT2D eigenvalue weighted by Crippen LogP contribution is 2.41. The summed E-state index contributed by atoms with van der Waals surface area (Å²) in [5, 5.41) is 2.49. The molecular weight excluding hydrogens is 348 g/mol. The van der Waals surface area contributed by atoms with Gasteiger partial charge in [-0.25, -0.2) is 0 Å². The lowest BCUT2D eigenvalue weighted by Crippen LogP contribution is -2.43. The Morgan fingerprint density at radius 2 is 1.60 bits per heavy atom. The maximum absolute atomic E-state index is 13.0. The molecule has 1 aromatic carbocycles. The second-order valence-electron chi connectivity index (χ2n) is 6.27. The van der Waals surface area contributed by atoms with Crippen LogP contribution in [0.5, 0.6) is 0 Å². The second-order valence-corrected chi connectivity index (χ2v) is 6.27. The molecule has 1 amide bonds. The van der Waals surface area contributed by atoms with Crippen LogP contribution in [0.15, 0.2) is 24.3 Å². The number of hydrogen-bond acceptors (Lipinski definition) is 1. The smallest absolute Gasteiger partial charge is 0.356 e. The summed E-state index contributed by atoms with van der Waals surface area (Å²) in [5.41, 5.74) is -0.195. The second kappa shape index (κ2) is 7.66. The summed E-state index contributed by atoms with van der Waals surface area (Å²) < 4.78 is 76.4. The van der Waals surface area contributed by atoms with E-state index in [1.54, 1.807) is 0 Å². The number of benzene rings is 1. The molecule has 2 rings (SSSR count). The number of amides is 1. The Balaban J connectivity index is 1.87. The molecule has 25 heavy (non-hydrogen) atoms. The van der Waals surface area contributed by atoms with Crippen LogP contribution in [0.4, 0.5) is 26.3 Å². The first kappa shape index (κ1) is 19.6. The van der Waals surface area contributed by atoms with Crippen molar-refractivity contribution in [2.45, 2.75) is 44.5 Å². The van der Waals surface area contributed by atoms with E-state index in [0.29, 0.717) is 18.4 Å². The third kappa shape index (κ3) is 5.37. The summed E-state index contributed by atoms with van der Waals surface area (Å²) in [5.74, 6) is -3.33. The predicted octanol–water partition coefficient (Wildman–Crippen LogP) is 4.73. The normalized spacial score (nSPS) is 21.8. The SMILES string of the molecule is O=C(NCCc1ccc(C(F)(F)F)cc1)C1CCCCC1C(F)(F)F. The Labute approximate surface area is 141 Å². The number of halogens is 6. The minimum Gasteiger partial charge on any atom is -0.356 e. The van der Waals surface area contributed by atoms with Gasteiger partial charge in [-0.2, -0.15) is 26.3 Å². The largest absolute Gasteiger partial charge is 0.416 e. The lowest BCUT2D eigenvalue weighted by Gasteiger charge is -2.32. The van der Waals surface area contributed by atoms with E-state index in [1.165, 1.54) is 12.1 Å². The molecule has 0 spiro atoms. The third-order valence-electron chi connectivity index (χ3n) is 4.52. The molecule has 1 saturated carbocycles. The fourth-order valence-corrected chi connectivity index (χ4v) is 3.16. The van der Waals surface area contributed by atoms with Gasteiger partial charge in [0.2, 0.25) is 5.91 Å². The van der Waals surface area contributed by atoms with Crippen LogP contribution in [0.3, 0.4) is 0 Å². The van der Waals surface area contributed by atoms with E-state index in [4.69, 9.17) is 0 Å². The average molecular weight is 367 g/mol. The Bertz CT molecular complexity index is 578. The van der Waals surface area contributed by atoms with Crippen LogP contribution in [-0.4, -0.2) is 18.6 Å². The van der Waals surface area contributed by atoms with Crippen LogP contribution in [-0.2, 0) is 17.4 Å². The van der Waals surface area contributed by atoms with Gasteiger partial charge in [-0.15, -0.1) is 0 Å². The van der Waals surface area contributed by atoms with Crippen LogP contribution in [0.2, 0.25) is 0 Å². The molecule has 140 valence electrons. The highest BCUT2D eigenvalue weighted by molar-refractivity contribution is 5.79. The minimum absolute atomic E-state index is 0.0412. The Morgan fingerprint density at radius 3 is 2.16 bits per heavy atom. The van der Waals surface area contributed by atoms with Gasteiger partial charge < -0.3 is 5.32 Å². The molecule has 0 radical (unpaired) electrons. The standard InChI is InChI=1S/C17H19F6NO/c18-16(19,20)12-7-5-11(6-8-12)9-10-24-15(25)13-3-1-2-4-14(13)17(21,22)23/h5-8,13-14H,1-4,9-10H2,(H,24,25). The molecule has 0 bridgehead atoms. The first-order chi connectivity index (χ1) is 11.6. The number of hydrogen-bond donors (Lipinski definition) is 1. The molecule has 1 aliphatic rings. The van der Waals surface area contributed by atoms with Crippen molar-refractivity contribution in [1.29, 1.82) is 0 Å². The van der Waals surface area contributed by atoms with Crippen LogP contribution < -0.4 is 5.32 Å². The fourth-order valence-electron chi connectivity index (χ4n) is 3.16. The van der Waals surface area contributed by atoms with Crippen molar-refractivity contribution < 1.29 is 31.1 Å². The summed E-state index contributed by atoms with van der Waals surface area (Å²) in [4.78, 5) is 12.1. The molecule has 1 aromatic rings. The van der Waals surface area contributed by atoms with Crippen molar-refractivity contribution in [3.63, 3.8) is 0 Å². The first-order valence-corrected chi connectivity index (χ1v) is 8.09. The Morgan fingerprint density at radius 1 is 1.00 bits per heavy atom. The molecule has 2 nitrogen and oxygen atoms in total. The molecule has 1 N–H and O–H groups in total. The van der Waals surface area contributed by atoms with Crippen molar-refractivity contribution in [1.82, 2.24) is 5.32 Å². The van der Waals surface area contributed by atoms with Gasteiger partial charge in [-0.1, -0.05) is 25.0 Å². The van der Waals surface area contributed by atoms with E-state index >= 15 is 0 Å². The summed E-state index contributed by atoms with van der Waals surface area (Å²) in [6.07, 6.45) is -7.34. The van der Waals surface area contributed by atoms with E-state index in [9.17, 15) is 31.1 Å². The number of nitrogens with one attached hydrogen (secondary N) is 1. The van der Waals surface area contributed by atoms with Gasteiger partial charge >= 0.3 is 12.4 Å². The van der Waals surface area contributed by atoms with Gasteiger partial charge in [0.05, 0.1) is 11.5 Å². The van der Waals surface area contributed by atoms with E-state index in [1.807, 2.05) is 0 Å². The van der Waals surface area contributed by atoms with Gasteiger partial charge in [-0.05, 0) is 37.0 Å². The molecule has 1 aliphatic carbocycles. The van der Waals surface area contributed by atoms with Gasteiger partial charge in [0.15, 0.2) is 0 Å². The quantitative estimate of drug-likeness (QED) is 0.766. The molecule has 0 heterocycles. The molecule has 0 aromatic heterocycles. The summed E-state index contributed by atoms with van der Waals surface area (Å²) in [7, 11) is 0. The molecule has 1 fully saturated rings. The lowest BCUT2D eigenvalue weighted by molar-refractivity contribution is -0.198. The number of carbonyl (C=O) groups excluding carboxylic acids is 1. The zero-order valence-corrected chi connectivity index (χ0v) is 13.4. The number of rotatable bonds is 4. The topological polar surface area (TPSA) is 29.1 Å². The molecular formula is C17H19F6NO. The van der Waals surface area contributed by atoms with Crippen molar-refractivity contribution in [3.8, 4) is 0 Å². The zero-order valence-electron chi connectivity index (χ0n) is 13.4. The van der Waals surface area contributed by atoms with E-state index in [0.717, 1.165) is 12.1 Å². The van der Waals surface area contributed by atoms with Crippen molar-refractivity contribution in [2.75, 3.05) is 6.54 Å². The van der Waals surface area contributed by atoms with Gasteiger partial charge in [-0.3, -0.25) is 4.79 Å². The summed E-state index contributed by atoms with van der Waals surface area (Å²) >= 11 is 0. The molecule has 0 aliphatic heterocycles. The van der Waals surface area contributed by atoms with Gasteiger partial charge in [0, 0.05) is 12.5 Å². The first-order valence-electron chi connectivity index (χ1n) is 8.09. The molecule has 2 atom stereocenters. The van der Waals surface area contributed by atoms with Crippen molar-refractivity contribution >= 4 is 5.91 Å². The zero-order chi connectivity index (χ0) is 18.7. The lowest BCUT2D eigenvalue weighted by atomic mass is 9.78. The molecule has 0 saturated heterocycles. The predicted molar refractivity (Wildman–Crippen MR) is 79.7 cm³/mol. The van der Waals surface area contributed by atoms with Gasteiger partial charge in [0.1, 0.15) is 0 Å². The Kier molecular flexibility index (Phi) is 6.00. The van der Waals surface area contributed by atoms with Crippen LogP contribution in [0.25, 0.3) is 0 Å². The van der Waals surface area contributed by atoms with Crippen molar-refractivity contribution in [3.05, 3.63) is 35.4 Å². The minimum atomic E-state index is -4.42. The maximum atomic E-state index is 13.0. The van der Waals surface area contributed by atoms with E-state index < -0.39 is 35.7 Å². The molecule has 8 heteroatoms. The van der Waals surface area contributed by atoms with Gasteiger partial charge in [0.25, 0.3) is 0 Å². The highest BCUT2D eigenvalue weighted by atomic mass is 19.4. The monoisotopic (exact) mass is 367 g/mol. The summed E-state index contributed by atoms with van der Waals surface area (Å²) in [6.45, 7) is 0.0886. The molecule has 2 unspecified atom stereocenters. The fraction of sp³-hybridized carbons (Fsp3) is 0.588. The van der Waals surface area contributed by atoms with Crippen LogP contribution in [0, 0.1) is 11.8 Å². The average Bonchev–Trinajstić information content (AvgIpc) is 2.53. The number of carbonyl (C=O) groups is 1. The van der Waals surface area contributed by atoms with Crippen LogP contribution in [0.1, 0.15) is 36.8 Å². The van der Waals surface area contributed by atoms with E-state index in [-0.39, 0.29) is 25.8 Å². The maximum Gasteiger partial charge on any atom is 0.416 e. The highest BCUT2D eigenvalue weighted by Gasteiger charge is 2.47. The third-order valence-corrected chi connectivity index (χ3v) is 4.52.